The van der Waals surface area contributed by atoms with Gasteiger partial charge in [0.1, 0.15) is 5.76 Å². The van der Waals surface area contributed by atoms with Gasteiger partial charge < -0.3 is 15.1 Å². The summed E-state index contributed by atoms with van der Waals surface area (Å²) in [6, 6.07) is 18.4. The first-order valence-corrected chi connectivity index (χ1v) is 10.3. The molecule has 0 spiro atoms. The first-order chi connectivity index (χ1) is 14.2. The number of aryl methyl sites for hydroxylation is 1. The molecule has 2 aliphatic carbocycles. The summed E-state index contributed by atoms with van der Waals surface area (Å²) in [6.07, 6.45) is 3.98. The normalized spacial score (nSPS) is 20.4. The van der Waals surface area contributed by atoms with Gasteiger partial charge in [-0.3, -0.25) is 4.79 Å². The maximum atomic E-state index is 12.7. The van der Waals surface area contributed by atoms with Gasteiger partial charge in [0.25, 0.3) is 5.91 Å². The van der Waals surface area contributed by atoms with E-state index in [4.69, 9.17) is 4.42 Å². The van der Waals surface area contributed by atoms with Gasteiger partial charge in [0.2, 0.25) is 5.89 Å². The molecule has 0 bridgehead atoms. The minimum atomic E-state index is -0.253. The Bertz CT molecular complexity index is 1010. The molecule has 3 aromatic rings. The number of benzene rings is 2. The van der Waals surface area contributed by atoms with Crippen LogP contribution in [0.25, 0.3) is 11.5 Å². The van der Waals surface area contributed by atoms with Crippen molar-refractivity contribution in [3.8, 4) is 11.5 Å². The van der Waals surface area contributed by atoms with Crippen molar-refractivity contribution in [3.05, 3.63) is 71.6 Å². The van der Waals surface area contributed by atoms with Gasteiger partial charge in [-0.05, 0) is 68.5 Å². The quantitative estimate of drug-likeness (QED) is 0.613. The van der Waals surface area contributed by atoms with Gasteiger partial charge in [-0.15, -0.1) is 0 Å². The van der Waals surface area contributed by atoms with Gasteiger partial charge in [-0.2, -0.15) is 0 Å². The summed E-state index contributed by atoms with van der Waals surface area (Å²) in [4.78, 5) is 17.1. The molecule has 2 atom stereocenters. The minimum Gasteiger partial charge on any atom is -0.441 e. The van der Waals surface area contributed by atoms with Crippen LogP contribution in [0.4, 0.5) is 5.69 Å². The highest BCUT2D eigenvalue weighted by molar-refractivity contribution is 6.03. The molecule has 5 rings (SSSR count). The highest BCUT2D eigenvalue weighted by Crippen LogP contribution is 2.42. The second-order valence-corrected chi connectivity index (χ2v) is 8.17. The largest absolute Gasteiger partial charge is 0.441 e. The summed E-state index contributed by atoms with van der Waals surface area (Å²) < 4.78 is 5.70. The van der Waals surface area contributed by atoms with Gasteiger partial charge in [-0.25, -0.2) is 4.98 Å². The number of hydrogen-bond acceptors (Lipinski definition) is 4. The Morgan fingerprint density at radius 2 is 1.86 bits per heavy atom. The SMILES string of the molecule is Cc1oc(-c2ccccc2)nc1C(=O)Nc1ccc(C2CC2NCC2CC2)cc1. The van der Waals surface area contributed by atoms with E-state index in [0.29, 0.717) is 29.3 Å². The number of amides is 1. The first kappa shape index (κ1) is 18.1. The number of aromatic nitrogens is 1. The van der Waals surface area contributed by atoms with Crippen LogP contribution in [-0.4, -0.2) is 23.5 Å². The summed E-state index contributed by atoms with van der Waals surface area (Å²) in [7, 11) is 0. The van der Waals surface area contributed by atoms with E-state index in [-0.39, 0.29) is 5.91 Å². The number of hydrogen-bond donors (Lipinski definition) is 2. The number of rotatable bonds is 7. The van der Waals surface area contributed by atoms with Crippen LogP contribution >= 0.6 is 0 Å². The molecule has 2 aromatic carbocycles. The fraction of sp³-hybridized carbons (Fsp3) is 0.333. The van der Waals surface area contributed by atoms with E-state index in [0.717, 1.165) is 23.7 Å². The van der Waals surface area contributed by atoms with E-state index in [2.05, 4.69) is 27.8 Å². The van der Waals surface area contributed by atoms with E-state index in [1.807, 2.05) is 42.5 Å². The fourth-order valence-electron chi connectivity index (χ4n) is 3.74. The standard InChI is InChI=1S/C24H25N3O2/c1-15-22(27-24(29-15)18-5-3-2-4-6-18)23(28)26-19-11-9-17(10-12-19)20-13-21(20)25-14-16-7-8-16/h2-6,9-12,16,20-21,25H,7-8,13-14H2,1H3,(H,26,28). The average Bonchev–Trinajstić information content (AvgIpc) is 3.66. The molecule has 1 amide bonds. The Hall–Kier alpha value is -2.92. The molecule has 29 heavy (non-hydrogen) atoms. The monoisotopic (exact) mass is 387 g/mol. The Morgan fingerprint density at radius 1 is 1.10 bits per heavy atom. The third-order valence-electron chi connectivity index (χ3n) is 5.79. The minimum absolute atomic E-state index is 0.253. The van der Waals surface area contributed by atoms with E-state index in [1.165, 1.54) is 24.8 Å². The van der Waals surface area contributed by atoms with E-state index < -0.39 is 0 Å². The molecule has 1 heterocycles. The van der Waals surface area contributed by atoms with Crippen LogP contribution in [-0.2, 0) is 0 Å². The van der Waals surface area contributed by atoms with Crippen LogP contribution in [0.3, 0.4) is 0 Å². The topological polar surface area (TPSA) is 67.2 Å². The molecule has 2 fully saturated rings. The van der Waals surface area contributed by atoms with Crippen molar-refractivity contribution >= 4 is 11.6 Å². The zero-order valence-electron chi connectivity index (χ0n) is 16.5. The summed E-state index contributed by atoms with van der Waals surface area (Å²) in [5, 5.41) is 6.60. The lowest BCUT2D eigenvalue weighted by Crippen LogP contribution is -2.20. The van der Waals surface area contributed by atoms with E-state index in [9.17, 15) is 4.79 Å². The predicted molar refractivity (Wildman–Crippen MR) is 113 cm³/mol. The van der Waals surface area contributed by atoms with Crippen molar-refractivity contribution < 1.29 is 9.21 Å². The van der Waals surface area contributed by atoms with Crippen molar-refractivity contribution in [2.45, 2.75) is 38.1 Å². The molecular formula is C24H25N3O2. The lowest BCUT2D eigenvalue weighted by atomic mass is 10.1. The molecule has 5 heteroatoms. The van der Waals surface area contributed by atoms with Crippen molar-refractivity contribution in [1.82, 2.24) is 10.3 Å². The molecular weight excluding hydrogens is 362 g/mol. The van der Waals surface area contributed by atoms with Crippen LogP contribution in [0, 0.1) is 12.8 Å². The Balaban J connectivity index is 1.21. The Labute approximate surface area is 170 Å². The molecule has 148 valence electrons. The van der Waals surface area contributed by atoms with Crippen LogP contribution in [0.2, 0.25) is 0 Å². The van der Waals surface area contributed by atoms with Crippen LogP contribution < -0.4 is 10.6 Å². The highest BCUT2D eigenvalue weighted by atomic mass is 16.4. The zero-order chi connectivity index (χ0) is 19.8. The van der Waals surface area contributed by atoms with E-state index >= 15 is 0 Å². The molecule has 2 aliphatic rings. The van der Waals surface area contributed by atoms with Crippen LogP contribution in [0.1, 0.15) is 47.0 Å². The number of carbonyl (C=O) groups excluding carboxylic acids is 1. The number of nitrogens with one attached hydrogen (secondary N) is 2. The molecule has 0 aliphatic heterocycles. The van der Waals surface area contributed by atoms with Crippen molar-refractivity contribution in [3.63, 3.8) is 0 Å². The van der Waals surface area contributed by atoms with Crippen molar-refractivity contribution in [1.29, 1.82) is 0 Å². The fourth-order valence-corrected chi connectivity index (χ4v) is 3.74. The highest BCUT2D eigenvalue weighted by Gasteiger charge is 2.38. The summed E-state index contributed by atoms with van der Waals surface area (Å²) >= 11 is 0. The molecule has 2 unspecified atom stereocenters. The number of nitrogens with zero attached hydrogens (tertiary/aromatic N) is 1. The van der Waals surface area contributed by atoms with Crippen LogP contribution in [0.5, 0.6) is 0 Å². The summed E-state index contributed by atoms with van der Waals surface area (Å²) in [5.41, 5.74) is 3.28. The number of anilines is 1. The summed E-state index contributed by atoms with van der Waals surface area (Å²) in [5.74, 6) is 2.24. The van der Waals surface area contributed by atoms with Gasteiger partial charge in [0.05, 0.1) is 0 Å². The second kappa shape index (κ2) is 7.48. The van der Waals surface area contributed by atoms with Gasteiger partial charge in [0, 0.05) is 23.2 Å². The van der Waals surface area contributed by atoms with Gasteiger partial charge in [0.15, 0.2) is 5.69 Å². The number of carbonyl (C=O) groups is 1. The summed E-state index contributed by atoms with van der Waals surface area (Å²) in [6.45, 7) is 2.93. The third-order valence-corrected chi connectivity index (χ3v) is 5.79. The maximum absolute atomic E-state index is 12.7. The average molecular weight is 387 g/mol. The molecule has 5 nitrogen and oxygen atoms in total. The third kappa shape index (κ3) is 4.10. The second-order valence-electron chi connectivity index (χ2n) is 8.17. The Kier molecular flexibility index (Phi) is 4.68. The van der Waals surface area contributed by atoms with Gasteiger partial charge >= 0.3 is 0 Å². The van der Waals surface area contributed by atoms with E-state index in [1.54, 1.807) is 6.92 Å². The van der Waals surface area contributed by atoms with Crippen LogP contribution in [0.15, 0.2) is 59.0 Å². The first-order valence-electron chi connectivity index (χ1n) is 10.3. The van der Waals surface area contributed by atoms with Crippen molar-refractivity contribution in [2.24, 2.45) is 5.92 Å². The lowest BCUT2D eigenvalue weighted by Gasteiger charge is -2.06. The molecule has 0 saturated heterocycles. The molecule has 0 radical (unpaired) electrons. The van der Waals surface area contributed by atoms with Gasteiger partial charge in [-0.1, -0.05) is 30.3 Å². The predicted octanol–water partition coefficient (Wildman–Crippen LogP) is 4.76. The maximum Gasteiger partial charge on any atom is 0.277 e. The molecule has 2 N–H and O–H groups in total. The van der Waals surface area contributed by atoms with Crippen molar-refractivity contribution in [2.75, 3.05) is 11.9 Å². The lowest BCUT2D eigenvalue weighted by molar-refractivity contribution is 0.102. The molecule has 2 saturated carbocycles. The Morgan fingerprint density at radius 3 is 2.59 bits per heavy atom. The zero-order valence-corrected chi connectivity index (χ0v) is 16.5. The molecule has 1 aromatic heterocycles. The smallest absolute Gasteiger partial charge is 0.277 e. The number of oxazole rings is 1.